The summed E-state index contributed by atoms with van der Waals surface area (Å²) in [7, 11) is 0. The van der Waals surface area contributed by atoms with Crippen LogP contribution in [0.5, 0.6) is 5.75 Å². The van der Waals surface area contributed by atoms with Crippen molar-refractivity contribution in [2.45, 2.75) is 38.5 Å². The van der Waals surface area contributed by atoms with E-state index in [1.165, 1.54) is 25.7 Å². The summed E-state index contributed by atoms with van der Waals surface area (Å²) in [6.45, 7) is 0.745. The van der Waals surface area contributed by atoms with Crippen molar-refractivity contribution in [2.75, 3.05) is 6.61 Å². The first-order chi connectivity index (χ1) is 13.2. The summed E-state index contributed by atoms with van der Waals surface area (Å²) in [5.74, 6) is 0.725. The average molecular weight is 364 g/mol. The number of ether oxygens (including phenoxy) is 1. The van der Waals surface area contributed by atoms with Gasteiger partial charge >= 0.3 is 5.97 Å². The second kappa shape index (κ2) is 7.87. The molecule has 4 rings (SSSR count). The molecule has 1 aromatic heterocycles. The van der Waals surface area contributed by atoms with Crippen LogP contribution in [0.3, 0.4) is 0 Å². The number of aryl methyl sites for hydroxylation is 1. The Morgan fingerprint density at radius 3 is 2.78 bits per heavy atom. The van der Waals surface area contributed by atoms with Gasteiger partial charge in [-0.1, -0.05) is 25.0 Å². The first-order valence-electron chi connectivity index (χ1n) is 9.64. The standard InChI is InChI=1S/C23H24O4/c24-23(25)10-6-16-5-8-22(27-15-17-3-1-2-4-17)20(13-16)18-7-9-21-19(14-18)11-12-26-21/h5,7-9,11-14,17H,1-4,6,10,15H2,(H,24,25). The molecule has 140 valence electrons. The molecule has 4 nitrogen and oxygen atoms in total. The number of carbonyl (C=O) groups is 1. The summed E-state index contributed by atoms with van der Waals surface area (Å²) in [6, 6.07) is 14.1. The highest BCUT2D eigenvalue weighted by Gasteiger charge is 2.17. The van der Waals surface area contributed by atoms with E-state index in [1.54, 1.807) is 6.26 Å². The average Bonchev–Trinajstić information content (AvgIpc) is 3.35. The monoisotopic (exact) mass is 364 g/mol. The van der Waals surface area contributed by atoms with Gasteiger partial charge in [-0.25, -0.2) is 0 Å². The van der Waals surface area contributed by atoms with Crippen LogP contribution < -0.4 is 4.74 Å². The molecular weight excluding hydrogens is 340 g/mol. The van der Waals surface area contributed by atoms with Gasteiger partial charge in [0.25, 0.3) is 0 Å². The number of hydrogen-bond donors (Lipinski definition) is 1. The lowest BCUT2D eigenvalue weighted by molar-refractivity contribution is -0.136. The SMILES string of the molecule is O=C(O)CCc1ccc(OCC2CCCC2)c(-c2ccc3occc3c2)c1. The number of carboxylic acids is 1. The molecule has 1 aliphatic rings. The molecule has 0 radical (unpaired) electrons. The molecule has 3 aromatic rings. The summed E-state index contributed by atoms with van der Waals surface area (Å²) in [4.78, 5) is 10.9. The molecule has 1 N–H and O–H groups in total. The number of furan rings is 1. The van der Waals surface area contributed by atoms with E-state index in [1.807, 2.05) is 30.3 Å². The van der Waals surface area contributed by atoms with Gasteiger partial charge in [-0.2, -0.15) is 0 Å². The third-order valence-corrected chi connectivity index (χ3v) is 5.38. The van der Waals surface area contributed by atoms with Crippen molar-refractivity contribution in [3.05, 3.63) is 54.3 Å². The predicted octanol–water partition coefficient (Wildman–Crippen LogP) is 5.69. The number of fused-ring (bicyclic) bond motifs is 1. The van der Waals surface area contributed by atoms with Crippen LogP contribution in [0.15, 0.2) is 53.1 Å². The minimum absolute atomic E-state index is 0.127. The first kappa shape index (κ1) is 17.7. The van der Waals surface area contributed by atoms with E-state index in [-0.39, 0.29) is 6.42 Å². The lowest BCUT2D eigenvalue weighted by Crippen LogP contribution is -2.09. The van der Waals surface area contributed by atoms with Crippen LogP contribution in [0.4, 0.5) is 0 Å². The molecule has 1 fully saturated rings. The zero-order valence-electron chi connectivity index (χ0n) is 15.3. The van der Waals surface area contributed by atoms with E-state index in [4.69, 9.17) is 14.3 Å². The molecule has 27 heavy (non-hydrogen) atoms. The summed E-state index contributed by atoms with van der Waals surface area (Å²) in [5.41, 5.74) is 3.93. The fourth-order valence-corrected chi connectivity index (χ4v) is 3.85. The molecule has 1 aliphatic carbocycles. The molecule has 2 aromatic carbocycles. The molecular formula is C23H24O4. The molecule has 0 spiro atoms. The quantitative estimate of drug-likeness (QED) is 0.585. The Morgan fingerprint density at radius 1 is 1.11 bits per heavy atom. The van der Waals surface area contributed by atoms with Crippen molar-refractivity contribution in [1.29, 1.82) is 0 Å². The molecule has 1 saturated carbocycles. The largest absolute Gasteiger partial charge is 0.493 e. The summed E-state index contributed by atoms with van der Waals surface area (Å²) < 4.78 is 11.7. The highest BCUT2D eigenvalue weighted by Crippen LogP contribution is 2.35. The Morgan fingerprint density at radius 2 is 1.96 bits per heavy atom. The molecule has 0 amide bonds. The van der Waals surface area contributed by atoms with Crippen LogP contribution in [0.25, 0.3) is 22.1 Å². The molecule has 0 saturated heterocycles. The van der Waals surface area contributed by atoms with Crippen LogP contribution in [0.1, 0.15) is 37.7 Å². The topological polar surface area (TPSA) is 59.7 Å². The fourth-order valence-electron chi connectivity index (χ4n) is 3.85. The van der Waals surface area contributed by atoms with Gasteiger partial charge in [0.15, 0.2) is 0 Å². The highest BCUT2D eigenvalue weighted by atomic mass is 16.5. The minimum Gasteiger partial charge on any atom is -0.493 e. The maximum absolute atomic E-state index is 10.9. The Balaban J connectivity index is 1.64. The third-order valence-electron chi connectivity index (χ3n) is 5.38. The first-order valence-corrected chi connectivity index (χ1v) is 9.64. The normalized spacial score (nSPS) is 14.7. The Bertz CT molecular complexity index is 934. The molecule has 4 heteroatoms. The fraction of sp³-hybridized carbons (Fsp3) is 0.348. The number of aliphatic carboxylic acids is 1. The Labute approximate surface area is 158 Å². The molecule has 0 unspecified atom stereocenters. The van der Waals surface area contributed by atoms with Crippen molar-refractivity contribution in [3.8, 4) is 16.9 Å². The number of rotatable bonds is 7. The van der Waals surface area contributed by atoms with Crippen molar-refractivity contribution < 1.29 is 19.1 Å². The lowest BCUT2D eigenvalue weighted by Gasteiger charge is -2.16. The van der Waals surface area contributed by atoms with Gasteiger partial charge in [0.05, 0.1) is 12.9 Å². The van der Waals surface area contributed by atoms with Gasteiger partial charge in [0.1, 0.15) is 11.3 Å². The predicted molar refractivity (Wildman–Crippen MR) is 105 cm³/mol. The summed E-state index contributed by atoms with van der Waals surface area (Å²) >= 11 is 0. The van der Waals surface area contributed by atoms with Crippen LogP contribution in [-0.2, 0) is 11.2 Å². The van der Waals surface area contributed by atoms with Crippen molar-refractivity contribution in [2.24, 2.45) is 5.92 Å². The van der Waals surface area contributed by atoms with Gasteiger partial charge in [0.2, 0.25) is 0 Å². The van der Waals surface area contributed by atoms with E-state index < -0.39 is 5.97 Å². The minimum atomic E-state index is -0.780. The van der Waals surface area contributed by atoms with Crippen LogP contribution in [-0.4, -0.2) is 17.7 Å². The molecule has 1 heterocycles. The van der Waals surface area contributed by atoms with Gasteiger partial charge in [0, 0.05) is 17.4 Å². The summed E-state index contributed by atoms with van der Waals surface area (Å²) in [6.07, 6.45) is 7.41. The Hall–Kier alpha value is -2.75. The van der Waals surface area contributed by atoms with Crippen LogP contribution >= 0.6 is 0 Å². The van der Waals surface area contributed by atoms with E-state index >= 15 is 0 Å². The Kier molecular flexibility index (Phi) is 5.14. The van der Waals surface area contributed by atoms with Crippen molar-refractivity contribution >= 4 is 16.9 Å². The van der Waals surface area contributed by atoms with Crippen LogP contribution in [0.2, 0.25) is 0 Å². The third kappa shape index (κ3) is 4.16. The zero-order chi connectivity index (χ0) is 18.6. The maximum Gasteiger partial charge on any atom is 0.303 e. The highest BCUT2D eigenvalue weighted by molar-refractivity contribution is 5.85. The second-order valence-corrected chi connectivity index (χ2v) is 7.36. The van der Waals surface area contributed by atoms with Gasteiger partial charge in [-0.3, -0.25) is 4.79 Å². The van der Waals surface area contributed by atoms with Gasteiger partial charge in [-0.05, 0) is 66.6 Å². The molecule has 0 aliphatic heterocycles. The second-order valence-electron chi connectivity index (χ2n) is 7.36. The zero-order valence-corrected chi connectivity index (χ0v) is 15.3. The van der Waals surface area contributed by atoms with E-state index in [0.29, 0.717) is 12.3 Å². The number of hydrogen-bond acceptors (Lipinski definition) is 3. The van der Waals surface area contributed by atoms with Gasteiger partial charge < -0.3 is 14.3 Å². The lowest BCUT2D eigenvalue weighted by atomic mass is 9.98. The summed E-state index contributed by atoms with van der Waals surface area (Å²) in [5, 5.41) is 10.0. The smallest absolute Gasteiger partial charge is 0.303 e. The van der Waals surface area contributed by atoms with Crippen molar-refractivity contribution in [3.63, 3.8) is 0 Å². The number of carboxylic acid groups (broad SMARTS) is 1. The van der Waals surface area contributed by atoms with Crippen molar-refractivity contribution in [1.82, 2.24) is 0 Å². The maximum atomic E-state index is 10.9. The van der Waals surface area contributed by atoms with Gasteiger partial charge in [-0.15, -0.1) is 0 Å². The van der Waals surface area contributed by atoms with E-state index in [9.17, 15) is 4.79 Å². The van der Waals surface area contributed by atoms with E-state index in [0.717, 1.165) is 40.0 Å². The van der Waals surface area contributed by atoms with E-state index in [2.05, 4.69) is 12.1 Å². The molecule has 0 atom stereocenters. The molecule has 0 bridgehead atoms. The number of benzene rings is 2. The van der Waals surface area contributed by atoms with Crippen LogP contribution in [0, 0.1) is 5.92 Å².